The van der Waals surface area contributed by atoms with Crippen molar-refractivity contribution in [2.24, 2.45) is 0 Å². The molecule has 0 unspecified atom stereocenters. The fraction of sp³-hybridized carbons (Fsp3) is 0.379. The average molecular weight is 492 g/mol. The zero-order chi connectivity index (χ0) is 25.2. The number of carbonyl (C=O) groups excluding carboxylic acids is 2. The molecule has 3 aliphatic rings. The van der Waals surface area contributed by atoms with E-state index in [-0.39, 0.29) is 36.7 Å². The Labute approximate surface area is 210 Å². The van der Waals surface area contributed by atoms with Crippen LogP contribution in [0.5, 0.6) is 5.75 Å². The van der Waals surface area contributed by atoms with Crippen molar-refractivity contribution >= 4 is 11.8 Å². The van der Waals surface area contributed by atoms with Crippen molar-refractivity contribution in [1.29, 1.82) is 0 Å². The molecule has 3 atom stereocenters. The summed E-state index contributed by atoms with van der Waals surface area (Å²) in [7, 11) is 1.62. The van der Waals surface area contributed by atoms with Crippen LogP contribution in [0.15, 0.2) is 71.1 Å². The minimum absolute atomic E-state index is 0.0501. The Bertz CT molecular complexity index is 1230. The lowest BCUT2D eigenvalue weighted by Crippen LogP contribution is -2.36. The van der Waals surface area contributed by atoms with Crippen molar-refractivity contribution in [3.63, 3.8) is 0 Å². The summed E-state index contributed by atoms with van der Waals surface area (Å²) in [4.78, 5) is 27.1. The molecule has 0 amide bonds. The van der Waals surface area contributed by atoms with Gasteiger partial charge in [-0.25, -0.2) is 9.18 Å². The highest BCUT2D eigenvalue weighted by Crippen LogP contribution is 2.46. The highest BCUT2D eigenvalue weighted by atomic mass is 19.1. The molecule has 1 saturated heterocycles. The van der Waals surface area contributed by atoms with Crippen LogP contribution in [-0.4, -0.2) is 38.2 Å². The molecular formula is C29H30FNO5. The molecule has 7 heteroatoms. The number of allylic oxidation sites excluding steroid dienone is 3. The molecular weight excluding hydrogens is 461 g/mol. The standard InChI is InChI=1S/C29H30FNO5/c1-17-26(29(33)36-16-21-6-5-13-35-21)27(18-9-11-20(30)12-10-18)28-23(31-17)14-19(15-24(28)32)22-7-3-4-8-25(22)34-2/h3-4,7-12,19,21,27,31H,5-6,13-16H2,1-2H3/t19-,21-,27+/m0/s1. The molecule has 2 aliphatic heterocycles. The van der Waals surface area contributed by atoms with Gasteiger partial charge in [0.1, 0.15) is 18.2 Å². The van der Waals surface area contributed by atoms with Crippen LogP contribution in [0.2, 0.25) is 0 Å². The lowest BCUT2D eigenvalue weighted by Gasteiger charge is -2.37. The number of nitrogens with one attached hydrogen (secondary N) is 1. The van der Waals surface area contributed by atoms with Crippen LogP contribution in [-0.2, 0) is 19.1 Å². The fourth-order valence-corrected chi connectivity index (χ4v) is 5.54. The molecule has 1 N–H and O–H groups in total. The summed E-state index contributed by atoms with van der Waals surface area (Å²) < 4.78 is 30.6. The Hall–Kier alpha value is -3.45. The summed E-state index contributed by atoms with van der Waals surface area (Å²) >= 11 is 0. The monoisotopic (exact) mass is 491 g/mol. The van der Waals surface area contributed by atoms with Crippen molar-refractivity contribution in [1.82, 2.24) is 5.32 Å². The van der Waals surface area contributed by atoms with Crippen LogP contribution in [0.3, 0.4) is 0 Å². The van der Waals surface area contributed by atoms with Gasteiger partial charge >= 0.3 is 5.97 Å². The minimum atomic E-state index is -0.634. The minimum Gasteiger partial charge on any atom is -0.496 e. The van der Waals surface area contributed by atoms with Gasteiger partial charge in [0.05, 0.1) is 18.8 Å². The maximum atomic E-state index is 13.8. The highest BCUT2D eigenvalue weighted by Gasteiger charge is 2.42. The van der Waals surface area contributed by atoms with Gasteiger partial charge in [-0.3, -0.25) is 4.79 Å². The van der Waals surface area contributed by atoms with Gasteiger partial charge in [0.2, 0.25) is 0 Å². The number of hydrogen-bond acceptors (Lipinski definition) is 6. The number of rotatable bonds is 6. The fourth-order valence-electron chi connectivity index (χ4n) is 5.54. The molecule has 5 rings (SSSR count). The maximum Gasteiger partial charge on any atom is 0.336 e. The van der Waals surface area contributed by atoms with Gasteiger partial charge in [-0.05, 0) is 55.5 Å². The number of carbonyl (C=O) groups is 2. The molecule has 1 fully saturated rings. The van der Waals surface area contributed by atoms with Crippen LogP contribution >= 0.6 is 0 Å². The zero-order valence-corrected chi connectivity index (χ0v) is 20.5. The van der Waals surface area contributed by atoms with Crippen molar-refractivity contribution in [2.45, 2.75) is 50.5 Å². The normalized spacial score (nSPS) is 23.9. The van der Waals surface area contributed by atoms with Crippen molar-refractivity contribution in [2.75, 3.05) is 20.3 Å². The van der Waals surface area contributed by atoms with E-state index in [0.29, 0.717) is 35.4 Å². The average Bonchev–Trinajstić information content (AvgIpc) is 3.40. The van der Waals surface area contributed by atoms with E-state index < -0.39 is 11.9 Å². The first-order valence-electron chi connectivity index (χ1n) is 12.4. The Morgan fingerprint density at radius 1 is 1.14 bits per heavy atom. The number of benzene rings is 2. The smallest absolute Gasteiger partial charge is 0.336 e. The second-order valence-electron chi connectivity index (χ2n) is 9.54. The summed E-state index contributed by atoms with van der Waals surface area (Å²) in [5.41, 5.74) is 3.99. The van der Waals surface area contributed by atoms with E-state index in [4.69, 9.17) is 14.2 Å². The SMILES string of the molecule is COc1ccccc1[C@@H]1CC(=O)C2=C(C1)NC(C)=C(C(=O)OC[C@@H]1CCCO1)[C@H]2c1ccc(F)cc1. The summed E-state index contributed by atoms with van der Waals surface area (Å²) in [5, 5.41) is 3.35. The predicted octanol–water partition coefficient (Wildman–Crippen LogP) is 4.92. The highest BCUT2D eigenvalue weighted by molar-refractivity contribution is 6.04. The lowest BCUT2D eigenvalue weighted by molar-refractivity contribution is -0.142. The summed E-state index contributed by atoms with van der Waals surface area (Å²) in [6.07, 6.45) is 2.57. The topological polar surface area (TPSA) is 73.9 Å². The van der Waals surface area contributed by atoms with Gasteiger partial charge < -0.3 is 19.5 Å². The van der Waals surface area contributed by atoms with Crippen molar-refractivity contribution < 1.29 is 28.2 Å². The van der Waals surface area contributed by atoms with E-state index in [0.717, 1.165) is 29.9 Å². The predicted molar refractivity (Wildman–Crippen MR) is 132 cm³/mol. The van der Waals surface area contributed by atoms with Gasteiger partial charge in [-0.2, -0.15) is 0 Å². The molecule has 0 aromatic heterocycles. The van der Waals surface area contributed by atoms with Crippen LogP contribution in [0.25, 0.3) is 0 Å². The molecule has 2 aromatic carbocycles. The molecule has 2 aromatic rings. The molecule has 2 heterocycles. The molecule has 36 heavy (non-hydrogen) atoms. The third-order valence-electron chi connectivity index (χ3n) is 7.25. The van der Waals surface area contributed by atoms with Crippen molar-refractivity contribution in [3.8, 4) is 5.75 Å². The number of methoxy groups -OCH3 is 1. The van der Waals surface area contributed by atoms with Gasteiger partial charge in [0, 0.05) is 41.8 Å². The van der Waals surface area contributed by atoms with Gasteiger partial charge in [0.15, 0.2) is 5.78 Å². The van der Waals surface area contributed by atoms with E-state index in [1.807, 2.05) is 31.2 Å². The summed E-state index contributed by atoms with van der Waals surface area (Å²) in [6.45, 7) is 2.66. The molecule has 188 valence electrons. The first-order chi connectivity index (χ1) is 17.5. The number of Topliss-reactive ketones (excluding diaryl/α,β-unsaturated/α-hetero) is 1. The van der Waals surface area contributed by atoms with E-state index in [1.54, 1.807) is 19.2 Å². The Balaban J connectivity index is 1.50. The van der Waals surface area contributed by atoms with E-state index in [9.17, 15) is 14.0 Å². The Kier molecular flexibility index (Phi) is 6.92. The number of ether oxygens (including phenoxy) is 3. The Morgan fingerprint density at radius 2 is 1.92 bits per heavy atom. The van der Waals surface area contributed by atoms with Crippen LogP contribution < -0.4 is 10.1 Å². The van der Waals surface area contributed by atoms with Crippen LogP contribution in [0.4, 0.5) is 4.39 Å². The number of halogens is 1. The third-order valence-corrected chi connectivity index (χ3v) is 7.25. The first-order valence-corrected chi connectivity index (χ1v) is 12.4. The largest absolute Gasteiger partial charge is 0.496 e. The van der Waals surface area contributed by atoms with Crippen molar-refractivity contribution in [3.05, 3.63) is 88.0 Å². The number of esters is 1. The molecule has 1 aliphatic carbocycles. The molecule has 0 radical (unpaired) electrons. The van der Waals surface area contributed by atoms with E-state index >= 15 is 0 Å². The number of hydrogen-bond donors (Lipinski definition) is 1. The van der Waals surface area contributed by atoms with Gasteiger partial charge in [-0.1, -0.05) is 30.3 Å². The Morgan fingerprint density at radius 3 is 2.64 bits per heavy atom. The molecule has 0 bridgehead atoms. The maximum absolute atomic E-state index is 13.8. The zero-order valence-electron chi connectivity index (χ0n) is 20.5. The summed E-state index contributed by atoms with van der Waals surface area (Å²) in [5.74, 6) is -0.867. The second-order valence-corrected chi connectivity index (χ2v) is 9.54. The molecule has 0 saturated carbocycles. The van der Waals surface area contributed by atoms with E-state index in [2.05, 4.69) is 5.32 Å². The van der Waals surface area contributed by atoms with Crippen LogP contribution in [0.1, 0.15) is 55.6 Å². The van der Waals surface area contributed by atoms with Gasteiger partial charge in [0.25, 0.3) is 0 Å². The van der Waals surface area contributed by atoms with Crippen LogP contribution in [0, 0.1) is 5.82 Å². The summed E-state index contributed by atoms with van der Waals surface area (Å²) in [6, 6.07) is 13.7. The second kappa shape index (κ2) is 10.3. The number of ketones is 1. The van der Waals surface area contributed by atoms with Gasteiger partial charge in [-0.15, -0.1) is 0 Å². The number of para-hydroxylation sites is 1. The lowest BCUT2D eigenvalue weighted by atomic mass is 9.71. The quantitative estimate of drug-likeness (QED) is 0.579. The first kappa shape index (κ1) is 24.3. The third kappa shape index (κ3) is 4.67. The number of dihydropyridines is 1. The molecule has 6 nitrogen and oxygen atoms in total. The van der Waals surface area contributed by atoms with E-state index in [1.165, 1.54) is 12.1 Å². The molecule has 0 spiro atoms.